The summed E-state index contributed by atoms with van der Waals surface area (Å²) in [5.41, 5.74) is -0.761. The lowest BCUT2D eigenvalue weighted by molar-refractivity contribution is -0.576. The Labute approximate surface area is 198 Å². The third-order valence-corrected chi connectivity index (χ3v) is 7.97. The molecule has 192 valence electrons. The Morgan fingerprint density at radius 2 is 1.85 bits per heavy atom. The molecular weight excluding hydrogens is 450 g/mol. The van der Waals surface area contributed by atoms with Crippen LogP contribution < -0.4 is 5.32 Å². The van der Waals surface area contributed by atoms with Crippen LogP contribution in [0.3, 0.4) is 0 Å². The second kappa shape index (κ2) is 9.34. The van der Waals surface area contributed by atoms with Gasteiger partial charge in [-0.1, -0.05) is 13.8 Å². The van der Waals surface area contributed by atoms with Gasteiger partial charge < -0.3 is 29.7 Å². The van der Waals surface area contributed by atoms with Crippen molar-refractivity contribution in [3.05, 3.63) is 0 Å². The zero-order valence-corrected chi connectivity index (χ0v) is 20.0. The molecule has 1 saturated carbocycles. The fourth-order valence-electron chi connectivity index (χ4n) is 6.05. The molecule has 3 N–H and O–H groups in total. The first-order valence-corrected chi connectivity index (χ1v) is 12.1. The van der Waals surface area contributed by atoms with E-state index in [1.54, 1.807) is 0 Å². The third-order valence-electron chi connectivity index (χ3n) is 7.97. The fourth-order valence-corrected chi connectivity index (χ4v) is 6.05. The van der Waals surface area contributed by atoms with Crippen molar-refractivity contribution in [1.82, 2.24) is 5.32 Å². The number of carbonyl (C=O) groups excluding carboxylic acids is 2. The topological polar surface area (TPSA) is 150 Å². The molecule has 1 aliphatic carbocycles. The van der Waals surface area contributed by atoms with E-state index >= 15 is 0 Å². The van der Waals surface area contributed by atoms with Gasteiger partial charge in [0, 0.05) is 24.7 Å². The summed E-state index contributed by atoms with van der Waals surface area (Å²) in [4.78, 5) is 47.6. The molecule has 5 rings (SSSR count). The van der Waals surface area contributed by atoms with E-state index in [1.807, 2.05) is 13.8 Å². The maximum atomic E-state index is 12.5. The van der Waals surface area contributed by atoms with Crippen LogP contribution in [0.5, 0.6) is 0 Å². The van der Waals surface area contributed by atoms with Gasteiger partial charge in [-0.05, 0) is 44.9 Å². The van der Waals surface area contributed by atoms with E-state index in [2.05, 4.69) is 12.2 Å². The standard InChI is InChI=1S/C23H35NO10/c1-11-5-6-15-12(2)20(30-17(27)8-7-16(26)24-18(13(3)25)19(28)29)31-21-23(15)14(11)9-10-22(4,32-21)33-34-23/h11-15,18,20-21,25H,5-10H2,1-4H3,(H,24,26)(H,28,29)/t11-,12-,13-,14+,15+,18+,20-,21-,22+,23+/m1/s1. The van der Waals surface area contributed by atoms with Crippen molar-refractivity contribution in [3.8, 4) is 0 Å². The average Bonchev–Trinajstić information content (AvgIpc) is 2.99. The molecule has 4 saturated heterocycles. The number of carboxylic acids is 1. The van der Waals surface area contributed by atoms with Gasteiger partial charge in [-0.25, -0.2) is 14.6 Å². The molecule has 11 heteroatoms. The number of esters is 1. The Hall–Kier alpha value is -1.79. The first kappa shape index (κ1) is 25.3. The van der Waals surface area contributed by atoms with Crippen molar-refractivity contribution < 1.29 is 48.6 Å². The van der Waals surface area contributed by atoms with E-state index in [1.165, 1.54) is 6.92 Å². The number of ether oxygens (including phenoxy) is 3. The summed E-state index contributed by atoms with van der Waals surface area (Å²) in [6.45, 7) is 7.24. The molecule has 0 aromatic heterocycles. The average molecular weight is 486 g/mol. The van der Waals surface area contributed by atoms with Gasteiger partial charge in [0.25, 0.3) is 0 Å². The lowest BCUT2D eigenvalue weighted by Gasteiger charge is -2.59. The number of hydrogen-bond acceptors (Lipinski definition) is 9. The molecule has 4 aliphatic heterocycles. The second-order valence-electron chi connectivity index (χ2n) is 10.4. The maximum absolute atomic E-state index is 12.5. The summed E-state index contributed by atoms with van der Waals surface area (Å²) >= 11 is 0. The van der Waals surface area contributed by atoms with Crippen molar-refractivity contribution >= 4 is 17.8 Å². The summed E-state index contributed by atoms with van der Waals surface area (Å²) < 4.78 is 18.0. The van der Waals surface area contributed by atoms with Gasteiger partial charge in [-0.3, -0.25) is 9.59 Å². The van der Waals surface area contributed by atoms with Crippen LogP contribution in [0, 0.1) is 23.7 Å². The summed E-state index contributed by atoms with van der Waals surface area (Å²) in [6, 6.07) is -1.45. The van der Waals surface area contributed by atoms with Gasteiger partial charge >= 0.3 is 11.9 Å². The smallest absolute Gasteiger partial charge is 0.328 e. The Bertz CT molecular complexity index is 820. The minimum absolute atomic E-state index is 0.00133. The third kappa shape index (κ3) is 4.44. The Kier molecular flexibility index (Phi) is 6.96. The van der Waals surface area contributed by atoms with Gasteiger partial charge in [0.1, 0.15) is 0 Å². The monoisotopic (exact) mass is 485 g/mol. The van der Waals surface area contributed by atoms with Crippen LogP contribution in [0.2, 0.25) is 0 Å². The molecule has 0 unspecified atom stereocenters. The molecule has 1 amide bonds. The normalized spacial score (nSPS) is 42.6. The molecule has 11 nitrogen and oxygen atoms in total. The van der Waals surface area contributed by atoms with Gasteiger partial charge in [-0.15, -0.1) is 0 Å². The van der Waals surface area contributed by atoms with E-state index in [9.17, 15) is 19.5 Å². The molecule has 0 aromatic rings. The number of aliphatic hydroxyl groups excluding tert-OH is 1. The highest BCUT2D eigenvalue weighted by molar-refractivity contribution is 5.86. The maximum Gasteiger partial charge on any atom is 0.328 e. The molecule has 4 heterocycles. The number of aliphatic carboxylic acids is 1. The molecule has 5 aliphatic rings. The minimum Gasteiger partial charge on any atom is -0.480 e. The van der Waals surface area contributed by atoms with Gasteiger partial charge in [-0.2, -0.15) is 0 Å². The highest BCUT2D eigenvalue weighted by atomic mass is 17.3. The van der Waals surface area contributed by atoms with Crippen LogP contribution in [-0.4, -0.2) is 64.2 Å². The highest BCUT2D eigenvalue weighted by Crippen LogP contribution is 2.60. The van der Waals surface area contributed by atoms with Gasteiger partial charge in [0.05, 0.1) is 12.5 Å². The number of fused-ring (bicyclic) bond motifs is 2. The second-order valence-corrected chi connectivity index (χ2v) is 10.4. The summed E-state index contributed by atoms with van der Waals surface area (Å²) in [5.74, 6) is -3.19. The number of amides is 1. The van der Waals surface area contributed by atoms with E-state index < -0.39 is 54.0 Å². The summed E-state index contributed by atoms with van der Waals surface area (Å²) in [6.07, 6.45) is 0.00572. The molecule has 0 aromatic carbocycles. The van der Waals surface area contributed by atoms with Crippen molar-refractivity contribution in [2.24, 2.45) is 23.7 Å². The van der Waals surface area contributed by atoms with Gasteiger partial charge in [0.15, 0.2) is 17.9 Å². The first-order valence-electron chi connectivity index (χ1n) is 12.1. The zero-order chi connectivity index (χ0) is 24.8. The van der Waals surface area contributed by atoms with Crippen LogP contribution >= 0.6 is 0 Å². The predicted octanol–water partition coefficient (Wildman–Crippen LogP) is 1.47. The van der Waals surface area contributed by atoms with Crippen molar-refractivity contribution in [2.75, 3.05) is 0 Å². The number of nitrogens with one attached hydrogen (secondary N) is 1. The van der Waals surface area contributed by atoms with E-state index in [0.29, 0.717) is 12.3 Å². The van der Waals surface area contributed by atoms with Crippen LogP contribution in [0.25, 0.3) is 0 Å². The number of carboxylic acid groups (broad SMARTS) is 1. The SMILES string of the molecule is C[C@H]1[C@H](OC(=O)CCC(=O)N[C@H](C(=O)O)[C@@H](C)O)O[C@@H]2O[C@]3(C)CC[C@H]4[C@H](C)CC[C@@H]1[C@]24OO3. The van der Waals surface area contributed by atoms with E-state index in [-0.39, 0.29) is 30.6 Å². The molecular formula is C23H35NO10. The zero-order valence-electron chi connectivity index (χ0n) is 20.0. The van der Waals surface area contributed by atoms with Crippen molar-refractivity contribution in [2.45, 2.75) is 102 Å². The number of aliphatic hydroxyl groups is 1. The molecule has 10 atom stereocenters. The first-order chi connectivity index (χ1) is 16.0. The van der Waals surface area contributed by atoms with Crippen LogP contribution in [0.4, 0.5) is 0 Å². The Balaban J connectivity index is 1.40. The lowest BCUT2D eigenvalue weighted by atomic mass is 9.58. The van der Waals surface area contributed by atoms with E-state index in [4.69, 9.17) is 29.1 Å². The lowest BCUT2D eigenvalue weighted by Crippen LogP contribution is -2.70. The Morgan fingerprint density at radius 3 is 2.53 bits per heavy atom. The fraction of sp³-hybridized carbons (Fsp3) is 0.870. The Morgan fingerprint density at radius 1 is 1.12 bits per heavy atom. The minimum atomic E-state index is -1.45. The predicted molar refractivity (Wildman–Crippen MR) is 113 cm³/mol. The molecule has 34 heavy (non-hydrogen) atoms. The molecule has 5 fully saturated rings. The van der Waals surface area contributed by atoms with Gasteiger partial charge in [0.2, 0.25) is 18.0 Å². The molecule has 1 spiro atoms. The number of hydrogen-bond donors (Lipinski definition) is 3. The summed E-state index contributed by atoms with van der Waals surface area (Å²) in [7, 11) is 0. The van der Waals surface area contributed by atoms with Crippen LogP contribution in [0.1, 0.15) is 66.2 Å². The highest BCUT2D eigenvalue weighted by Gasteiger charge is 2.69. The molecule has 0 radical (unpaired) electrons. The number of rotatable bonds is 7. The number of carbonyl (C=O) groups is 3. The van der Waals surface area contributed by atoms with E-state index in [0.717, 1.165) is 19.3 Å². The molecule has 2 bridgehead atoms. The quantitative estimate of drug-likeness (QED) is 0.357. The largest absolute Gasteiger partial charge is 0.480 e. The van der Waals surface area contributed by atoms with Crippen molar-refractivity contribution in [1.29, 1.82) is 0 Å². The van der Waals surface area contributed by atoms with Crippen LogP contribution in [0.15, 0.2) is 0 Å². The summed E-state index contributed by atoms with van der Waals surface area (Å²) in [5, 5.41) is 20.8. The van der Waals surface area contributed by atoms with Crippen LogP contribution in [-0.2, 0) is 38.4 Å². The van der Waals surface area contributed by atoms with Crippen molar-refractivity contribution in [3.63, 3.8) is 0 Å².